The van der Waals surface area contributed by atoms with Crippen LogP contribution in [0.1, 0.15) is 19.3 Å². The average Bonchev–Trinajstić information content (AvgIpc) is 3.01. The number of hydrogen-bond donors (Lipinski definition) is 2. The van der Waals surface area contributed by atoms with Gasteiger partial charge in [-0.15, -0.1) is 0 Å². The van der Waals surface area contributed by atoms with Crippen LogP contribution in [0, 0.1) is 0 Å². The minimum Gasteiger partial charge on any atom is -0.379 e. The van der Waals surface area contributed by atoms with Crippen molar-refractivity contribution in [3.05, 3.63) is 24.3 Å². The van der Waals surface area contributed by atoms with E-state index in [0.29, 0.717) is 16.7 Å². The van der Waals surface area contributed by atoms with E-state index >= 15 is 0 Å². The van der Waals surface area contributed by atoms with Crippen molar-refractivity contribution in [2.75, 3.05) is 12.4 Å². The lowest BCUT2D eigenvalue weighted by atomic mass is 9.95. The van der Waals surface area contributed by atoms with Gasteiger partial charge in [-0.3, -0.25) is 0 Å². The first-order valence-corrected chi connectivity index (χ1v) is 8.03. The number of sulfonamides is 1. The Morgan fingerprint density at radius 1 is 1.26 bits per heavy atom. The summed E-state index contributed by atoms with van der Waals surface area (Å²) in [6.45, 7) is 0. The van der Waals surface area contributed by atoms with Crippen molar-refractivity contribution in [1.29, 1.82) is 0 Å². The van der Waals surface area contributed by atoms with Gasteiger partial charge in [0.05, 0.1) is 23.9 Å². The van der Waals surface area contributed by atoms with Crippen LogP contribution in [-0.2, 0) is 14.8 Å². The Balaban J connectivity index is 1.85. The maximum atomic E-state index is 12.0. The predicted octanol–water partition coefficient (Wildman–Crippen LogP) is 1.33. The highest BCUT2D eigenvalue weighted by atomic mass is 32.2. The lowest BCUT2D eigenvalue weighted by molar-refractivity contribution is 0.102. The Bertz CT molecular complexity index is 573. The molecule has 0 aromatic heterocycles. The second kappa shape index (κ2) is 4.77. The number of hydrogen-bond acceptors (Lipinski definition) is 4. The van der Waals surface area contributed by atoms with Gasteiger partial charge in [-0.25, -0.2) is 13.1 Å². The minimum absolute atomic E-state index is 0.215. The molecule has 3 rings (SSSR count). The average molecular weight is 282 g/mol. The van der Waals surface area contributed by atoms with E-state index in [0.717, 1.165) is 19.3 Å². The normalized spacial score (nSPS) is 29.6. The summed E-state index contributed by atoms with van der Waals surface area (Å²) < 4.78 is 32.1. The van der Waals surface area contributed by atoms with Crippen LogP contribution in [-0.4, -0.2) is 33.7 Å². The summed E-state index contributed by atoms with van der Waals surface area (Å²) in [5, 5.41) is 3.34. The van der Waals surface area contributed by atoms with E-state index in [1.54, 1.807) is 18.2 Å². The summed E-state index contributed by atoms with van der Waals surface area (Å²) in [4.78, 5) is 0.292. The third-order valence-corrected chi connectivity index (χ3v) is 5.36. The van der Waals surface area contributed by atoms with Gasteiger partial charge < -0.3 is 10.1 Å². The molecule has 2 bridgehead atoms. The molecule has 0 saturated carbocycles. The summed E-state index contributed by atoms with van der Waals surface area (Å²) in [5.41, 5.74) is 0.651. The molecule has 6 heteroatoms. The van der Waals surface area contributed by atoms with Gasteiger partial charge in [-0.05, 0) is 38.4 Å². The molecule has 1 aromatic rings. The molecular formula is C13H18N2O3S. The van der Waals surface area contributed by atoms with Gasteiger partial charge in [-0.2, -0.15) is 0 Å². The highest BCUT2D eigenvalue weighted by Gasteiger charge is 2.41. The molecule has 2 heterocycles. The van der Waals surface area contributed by atoms with Gasteiger partial charge in [0.1, 0.15) is 4.90 Å². The molecule has 1 aromatic carbocycles. The van der Waals surface area contributed by atoms with Crippen LogP contribution in [0.15, 0.2) is 29.2 Å². The van der Waals surface area contributed by atoms with Crippen LogP contribution in [0.5, 0.6) is 0 Å². The van der Waals surface area contributed by atoms with Crippen LogP contribution < -0.4 is 10.0 Å². The molecule has 104 valence electrons. The lowest BCUT2D eigenvalue weighted by Crippen LogP contribution is -2.31. The molecule has 2 fully saturated rings. The summed E-state index contributed by atoms with van der Waals surface area (Å²) in [6.07, 6.45) is 3.70. The van der Waals surface area contributed by atoms with Crippen LogP contribution in [0.3, 0.4) is 0 Å². The fourth-order valence-corrected chi connectivity index (χ4v) is 3.81. The summed E-state index contributed by atoms with van der Waals surface area (Å²) in [5.74, 6) is 0. The Kier molecular flexibility index (Phi) is 3.24. The van der Waals surface area contributed by atoms with Gasteiger partial charge in [0, 0.05) is 0 Å². The molecular weight excluding hydrogens is 264 g/mol. The van der Waals surface area contributed by atoms with Crippen LogP contribution in [0.25, 0.3) is 0 Å². The van der Waals surface area contributed by atoms with Gasteiger partial charge in [0.15, 0.2) is 0 Å². The first kappa shape index (κ1) is 12.9. The zero-order valence-electron chi connectivity index (χ0n) is 10.8. The summed E-state index contributed by atoms with van der Waals surface area (Å²) in [6, 6.07) is 7.20. The van der Waals surface area contributed by atoms with Crippen LogP contribution in [0.2, 0.25) is 0 Å². The maximum absolute atomic E-state index is 12.0. The molecule has 19 heavy (non-hydrogen) atoms. The number of benzene rings is 1. The van der Waals surface area contributed by atoms with Crippen molar-refractivity contribution in [2.24, 2.45) is 0 Å². The topological polar surface area (TPSA) is 67.4 Å². The highest BCUT2D eigenvalue weighted by molar-refractivity contribution is 7.89. The molecule has 0 spiro atoms. The molecule has 3 unspecified atom stereocenters. The van der Waals surface area contributed by atoms with Crippen molar-refractivity contribution >= 4 is 15.7 Å². The lowest BCUT2D eigenvalue weighted by Gasteiger charge is -2.22. The molecule has 3 atom stereocenters. The van der Waals surface area contributed by atoms with Crippen molar-refractivity contribution in [2.45, 2.75) is 42.4 Å². The Labute approximate surface area is 113 Å². The number of ether oxygens (including phenoxy) is 1. The molecule has 2 N–H and O–H groups in total. The molecule has 2 saturated heterocycles. The van der Waals surface area contributed by atoms with Gasteiger partial charge >= 0.3 is 0 Å². The van der Waals surface area contributed by atoms with E-state index in [1.807, 2.05) is 6.07 Å². The molecule has 5 nitrogen and oxygen atoms in total. The van der Waals surface area contributed by atoms with E-state index in [4.69, 9.17) is 4.74 Å². The van der Waals surface area contributed by atoms with E-state index in [1.165, 1.54) is 7.05 Å². The Morgan fingerprint density at radius 2 is 2.05 bits per heavy atom. The molecule has 2 aliphatic heterocycles. The van der Waals surface area contributed by atoms with Gasteiger partial charge in [0.2, 0.25) is 10.0 Å². The monoisotopic (exact) mass is 282 g/mol. The second-order valence-corrected chi connectivity index (χ2v) is 6.92. The van der Waals surface area contributed by atoms with Crippen molar-refractivity contribution in [3.8, 4) is 0 Å². The van der Waals surface area contributed by atoms with Gasteiger partial charge in [-0.1, -0.05) is 12.1 Å². The molecule has 0 aliphatic carbocycles. The van der Waals surface area contributed by atoms with Gasteiger partial charge in [0.25, 0.3) is 0 Å². The standard InChI is InChI=1S/C13H18N2O3S/c1-14-19(16,17)13-5-3-2-4-10(13)15-11-8-9-6-7-12(11)18-9/h2-5,9,11-12,14-15H,6-8H2,1H3. The van der Waals surface area contributed by atoms with E-state index in [2.05, 4.69) is 10.0 Å². The predicted molar refractivity (Wildman–Crippen MR) is 72.6 cm³/mol. The first-order valence-electron chi connectivity index (χ1n) is 6.55. The smallest absolute Gasteiger partial charge is 0.242 e. The fourth-order valence-electron chi connectivity index (χ4n) is 2.92. The SMILES string of the molecule is CNS(=O)(=O)c1ccccc1NC1CC2CCC1O2. The number of rotatable bonds is 4. The van der Waals surface area contributed by atoms with E-state index in [-0.39, 0.29) is 12.1 Å². The zero-order chi connectivity index (χ0) is 13.5. The maximum Gasteiger partial charge on any atom is 0.242 e. The Hall–Kier alpha value is -1.11. The van der Waals surface area contributed by atoms with E-state index in [9.17, 15) is 8.42 Å². The quantitative estimate of drug-likeness (QED) is 0.874. The minimum atomic E-state index is -3.44. The van der Waals surface area contributed by atoms with Crippen molar-refractivity contribution < 1.29 is 13.2 Å². The largest absolute Gasteiger partial charge is 0.379 e. The number of nitrogens with one attached hydrogen (secondary N) is 2. The molecule has 0 radical (unpaired) electrons. The first-order chi connectivity index (χ1) is 9.10. The number of para-hydroxylation sites is 1. The van der Waals surface area contributed by atoms with E-state index < -0.39 is 10.0 Å². The molecule has 0 amide bonds. The third-order valence-electron chi connectivity index (χ3n) is 3.89. The van der Waals surface area contributed by atoms with Crippen LogP contribution in [0.4, 0.5) is 5.69 Å². The molecule has 2 aliphatic rings. The van der Waals surface area contributed by atoms with Crippen molar-refractivity contribution in [1.82, 2.24) is 4.72 Å². The highest BCUT2D eigenvalue weighted by Crippen LogP contribution is 2.36. The number of anilines is 1. The zero-order valence-corrected chi connectivity index (χ0v) is 11.6. The third kappa shape index (κ3) is 2.35. The summed E-state index contributed by atoms with van der Waals surface area (Å²) in [7, 11) is -2.01. The second-order valence-electron chi connectivity index (χ2n) is 5.06. The van der Waals surface area contributed by atoms with Crippen molar-refractivity contribution in [3.63, 3.8) is 0 Å². The number of fused-ring (bicyclic) bond motifs is 2. The van der Waals surface area contributed by atoms with Crippen LogP contribution >= 0.6 is 0 Å². The fraction of sp³-hybridized carbons (Fsp3) is 0.538. The Morgan fingerprint density at radius 3 is 2.68 bits per heavy atom. The summed E-state index contributed by atoms with van der Waals surface area (Å²) >= 11 is 0.